The molecule has 0 aliphatic carbocycles. The van der Waals surface area contributed by atoms with Crippen LogP contribution in [0.3, 0.4) is 0 Å². The second-order valence-corrected chi connectivity index (χ2v) is 13.2. The van der Waals surface area contributed by atoms with Gasteiger partial charge >= 0.3 is 0 Å². The van der Waals surface area contributed by atoms with Gasteiger partial charge in [-0.05, 0) is 40.4 Å². The molecule has 0 atom stereocenters. The standard InChI is InChI=1S/C17H31NS2/c1-12(2)20(13(3)4,14(5)6)19-17-11-9-10-16(18-8)15(17)7/h9-14,18H,1-8H3. The summed E-state index contributed by atoms with van der Waals surface area (Å²) in [5.74, 6) is 0. The number of rotatable bonds is 6. The van der Waals surface area contributed by atoms with Crippen molar-refractivity contribution >= 4 is 25.5 Å². The van der Waals surface area contributed by atoms with Crippen molar-refractivity contribution in [2.45, 2.75) is 69.1 Å². The smallest absolute Gasteiger partial charge is 0.0378 e. The second kappa shape index (κ2) is 7.13. The number of hydrogen-bond acceptors (Lipinski definition) is 2. The maximum absolute atomic E-state index is 3.31. The topological polar surface area (TPSA) is 12.0 Å². The van der Waals surface area contributed by atoms with Crippen LogP contribution in [0.15, 0.2) is 23.1 Å². The van der Waals surface area contributed by atoms with Crippen LogP contribution in [0.4, 0.5) is 5.69 Å². The molecule has 0 bridgehead atoms. The van der Waals surface area contributed by atoms with E-state index in [1.807, 2.05) is 7.05 Å². The minimum Gasteiger partial charge on any atom is -0.388 e. The summed E-state index contributed by atoms with van der Waals surface area (Å²) in [6.45, 7) is 16.6. The fourth-order valence-corrected chi connectivity index (χ4v) is 10.8. The van der Waals surface area contributed by atoms with Crippen molar-refractivity contribution in [3.8, 4) is 0 Å². The number of nitrogens with one attached hydrogen (secondary N) is 1. The van der Waals surface area contributed by atoms with E-state index in [4.69, 9.17) is 0 Å². The molecule has 1 aromatic carbocycles. The van der Waals surface area contributed by atoms with Crippen molar-refractivity contribution in [3.63, 3.8) is 0 Å². The first-order valence-electron chi connectivity index (χ1n) is 7.54. The minimum atomic E-state index is -0.758. The first kappa shape index (κ1) is 17.8. The van der Waals surface area contributed by atoms with Crippen LogP contribution in [0.25, 0.3) is 0 Å². The van der Waals surface area contributed by atoms with Gasteiger partial charge in [0.25, 0.3) is 0 Å². The summed E-state index contributed by atoms with van der Waals surface area (Å²) in [7, 11) is 3.41. The highest BCUT2D eigenvalue weighted by molar-refractivity contribution is 8.94. The molecule has 0 aliphatic rings. The van der Waals surface area contributed by atoms with Gasteiger partial charge in [-0.15, -0.1) is 0 Å². The van der Waals surface area contributed by atoms with Gasteiger partial charge in [0.05, 0.1) is 0 Å². The minimum absolute atomic E-state index is 0.727. The maximum atomic E-state index is 3.31. The van der Waals surface area contributed by atoms with E-state index in [9.17, 15) is 0 Å². The lowest BCUT2D eigenvalue weighted by atomic mass is 10.2. The fourth-order valence-electron chi connectivity index (χ4n) is 3.05. The van der Waals surface area contributed by atoms with Gasteiger partial charge < -0.3 is 5.32 Å². The second-order valence-electron chi connectivity index (χ2n) is 6.11. The number of anilines is 1. The molecule has 116 valence electrons. The van der Waals surface area contributed by atoms with E-state index in [1.54, 1.807) is 0 Å². The zero-order valence-electron chi connectivity index (χ0n) is 14.3. The lowest BCUT2D eigenvalue weighted by Gasteiger charge is -2.50. The first-order chi connectivity index (χ1) is 9.27. The van der Waals surface area contributed by atoms with Gasteiger partial charge in [-0.1, -0.05) is 58.4 Å². The molecular weight excluding hydrogens is 282 g/mol. The molecule has 0 radical (unpaired) electrons. The highest BCUT2D eigenvalue weighted by Gasteiger charge is 2.36. The van der Waals surface area contributed by atoms with E-state index in [1.165, 1.54) is 16.1 Å². The van der Waals surface area contributed by atoms with Crippen LogP contribution in [0, 0.1) is 6.92 Å². The van der Waals surface area contributed by atoms with Crippen LogP contribution < -0.4 is 5.32 Å². The molecule has 3 heteroatoms. The van der Waals surface area contributed by atoms with Gasteiger partial charge in [-0.2, -0.15) is 9.06 Å². The third-order valence-electron chi connectivity index (χ3n) is 4.00. The van der Waals surface area contributed by atoms with Crippen molar-refractivity contribution < 1.29 is 0 Å². The Bertz CT molecular complexity index is 417. The third kappa shape index (κ3) is 3.30. The SMILES string of the molecule is CNc1cccc(SS(C(C)C)(C(C)C)C(C)C)c1C. The molecule has 0 fully saturated rings. The van der Waals surface area contributed by atoms with Crippen molar-refractivity contribution in [1.29, 1.82) is 0 Å². The van der Waals surface area contributed by atoms with Crippen LogP contribution in [-0.4, -0.2) is 22.8 Å². The van der Waals surface area contributed by atoms with E-state index in [2.05, 4.69) is 82.8 Å². The molecule has 1 N–H and O–H groups in total. The monoisotopic (exact) mass is 313 g/mol. The van der Waals surface area contributed by atoms with Gasteiger partial charge in [0.1, 0.15) is 0 Å². The Morgan fingerprint density at radius 2 is 1.45 bits per heavy atom. The average molecular weight is 314 g/mol. The van der Waals surface area contributed by atoms with E-state index < -0.39 is 9.06 Å². The van der Waals surface area contributed by atoms with Gasteiger partial charge in [0, 0.05) is 17.6 Å². The van der Waals surface area contributed by atoms with Crippen molar-refractivity contribution in [2.24, 2.45) is 0 Å². The molecule has 20 heavy (non-hydrogen) atoms. The van der Waals surface area contributed by atoms with Crippen LogP contribution in [0.5, 0.6) is 0 Å². The van der Waals surface area contributed by atoms with Gasteiger partial charge in [-0.3, -0.25) is 0 Å². The Morgan fingerprint density at radius 3 is 1.85 bits per heavy atom. The fraction of sp³-hybridized carbons (Fsp3) is 0.647. The quantitative estimate of drug-likeness (QED) is 0.639. The molecule has 1 rings (SSSR count). The van der Waals surface area contributed by atoms with Crippen molar-refractivity contribution in [2.75, 3.05) is 12.4 Å². The van der Waals surface area contributed by atoms with Crippen LogP contribution in [-0.2, 0) is 0 Å². The van der Waals surface area contributed by atoms with Gasteiger partial charge in [-0.25, -0.2) is 0 Å². The predicted octanol–water partition coefficient (Wildman–Crippen LogP) is 6.07. The zero-order chi connectivity index (χ0) is 15.5. The zero-order valence-corrected chi connectivity index (χ0v) is 15.9. The molecule has 0 heterocycles. The van der Waals surface area contributed by atoms with E-state index >= 15 is 0 Å². The molecule has 1 aromatic rings. The summed E-state index contributed by atoms with van der Waals surface area (Å²) >= 11 is 0. The first-order valence-corrected chi connectivity index (χ1v) is 10.7. The lowest BCUT2D eigenvalue weighted by Crippen LogP contribution is -2.25. The molecule has 0 saturated carbocycles. The molecule has 0 saturated heterocycles. The van der Waals surface area contributed by atoms with E-state index in [-0.39, 0.29) is 0 Å². The van der Waals surface area contributed by atoms with E-state index in [0.29, 0.717) is 0 Å². The summed E-state index contributed by atoms with van der Waals surface area (Å²) in [5, 5.41) is 5.49. The Kier molecular flexibility index (Phi) is 6.33. The molecule has 0 aromatic heterocycles. The van der Waals surface area contributed by atoms with Crippen LogP contribution >= 0.6 is 19.9 Å². The normalized spacial score (nSPS) is 13.3. The number of benzene rings is 1. The Balaban J connectivity index is 3.27. The summed E-state index contributed by atoms with van der Waals surface area (Å²) in [4.78, 5) is 1.45. The Labute approximate surface area is 131 Å². The molecule has 0 aliphatic heterocycles. The molecule has 0 unspecified atom stereocenters. The van der Waals surface area contributed by atoms with Gasteiger partial charge in [0.2, 0.25) is 0 Å². The maximum Gasteiger partial charge on any atom is 0.0378 e. The lowest BCUT2D eigenvalue weighted by molar-refractivity contribution is 0.966. The summed E-state index contributed by atoms with van der Waals surface area (Å²) in [6.07, 6.45) is 0. The summed E-state index contributed by atoms with van der Waals surface area (Å²) < 4.78 is 0. The number of hydrogen-bond donors (Lipinski definition) is 1. The Hall–Kier alpha value is -0.280. The molecule has 0 spiro atoms. The van der Waals surface area contributed by atoms with Crippen LogP contribution in [0.2, 0.25) is 0 Å². The summed E-state index contributed by atoms with van der Waals surface area (Å²) in [6, 6.07) is 6.62. The highest BCUT2D eigenvalue weighted by atomic mass is 33.2. The average Bonchev–Trinajstić information content (AvgIpc) is 2.36. The largest absolute Gasteiger partial charge is 0.388 e. The van der Waals surface area contributed by atoms with Crippen molar-refractivity contribution in [1.82, 2.24) is 0 Å². The third-order valence-corrected chi connectivity index (χ3v) is 14.2. The van der Waals surface area contributed by atoms with E-state index in [0.717, 1.165) is 15.7 Å². The molecule has 0 amide bonds. The Morgan fingerprint density at radius 1 is 0.950 bits per heavy atom. The molecule has 1 nitrogen and oxygen atoms in total. The highest BCUT2D eigenvalue weighted by Crippen LogP contribution is 2.72. The van der Waals surface area contributed by atoms with Gasteiger partial charge in [0.15, 0.2) is 0 Å². The van der Waals surface area contributed by atoms with Crippen LogP contribution in [0.1, 0.15) is 47.1 Å². The molecular formula is C17H31NS2. The summed E-state index contributed by atoms with van der Waals surface area (Å²) in [5.41, 5.74) is 2.64. The van der Waals surface area contributed by atoms with Crippen molar-refractivity contribution in [3.05, 3.63) is 23.8 Å². The predicted molar refractivity (Wildman–Crippen MR) is 99.6 cm³/mol.